The second kappa shape index (κ2) is 8.49. The van der Waals surface area contributed by atoms with Crippen molar-refractivity contribution in [2.24, 2.45) is 0 Å². The summed E-state index contributed by atoms with van der Waals surface area (Å²) in [6.45, 7) is 2.55. The summed E-state index contributed by atoms with van der Waals surface area (Å²) in [5.74, 6) is 0.575. The van der Waals surface area contributed by atoms with Gasteiger partial charge in [0.15, 0.2) is 16.9 Å². The summed E-state index contributed by atoms with van der Waals surface area (Å²) in [6, 6.07) is 9.28. The average molecular weight is 484 g/mol. The van der Waals surface area contributed by atoms with E-state index in [-0.39, 0.29) is 22.3 Å². The largest absolute Gasteiger partial charge is 0.493 e. The normalized spacial score (nSPS) is 15.2. The fraction of sp³-hybridized carbons (Fsp3) is 0.217. The molecular formula is C23H18ClN3O5S. The molecule has 1 aliphatic rings. The molecule has 3 heterocycles. The minimum absolute atomic E-state index is 0.0275. The lowest BCUT2D eigenvalue weighted by molar-refractivity contribution is 0.0970. The fourth-order valence-corrected chi connectivity index (χ4v) is 4.67. The van der Waals surface area contributed by atoms with Crippen LogP contribution in [0.15, 0.2) is 51.1 Å². The number of aromatic nitrogens is 2. The highest BCUT2D eigenvalue weighted by Gasteiger charge is 2.45. The number of anilines is 1. The Hall–Kier alpha value is -3.43. The van der Waals surface area contributed by atoms with Crippen molar-refractivity contribution in [1.82, 2.24) is 10.2 Å². The third-order valence-corrected chi connectivity index (χ3v) is 6.28. The second-order valence-electron chi connectivity index (χ2n) is 7.37. The first-order chi connectivity index (χ1) is 16.0. The molecule has 2 aromatic carbocycles. The number of fused-ring (bicyclic) bond motifs is 2. The SMILES string of the molecule is CCCOc1ccc([C@H]2c3c(oc4ccc(Cl)cc4c3=O)C(=O)N2c2nncs2)cc1OC. The molecule has 0 aliphatic carbocycles. The first-order valence-corrected chi connectivity index (χ1v) is 11.5. The Kier molecular flexibility index (Phi) is 5.51. The van der Waals surface area contributed by atoms with Gasteiger partial charge in [-0.05, 0) is 42.3 Å². The lowest BCUT2D eigenvalue weighted by atomic mass is 9.98. The third-order valence-electron chi connectivity index (χ3n) is 5.35. The third kappa shape index (κ3) is 3.53. The van der Waals surface area contributed by atoms with Crippen molar-refractivity contribution < 1.29 is 18.7 Å². The molecule has 168 valence electrons. The quantitative estimate of drug-likeness (QED) is 0.387. The van der Waals surface area contributed by atoms with Crippen LogP contribution in [0.4, 0.5) is 5.13 Å². The van der Waals surface area contributed by atoms with Crippen LogP contribution in [0.5, 0.6) is 11.5 Å². The molecule has 10 heteroatoms. The van der Waals surface area contributed by atoms with E-state index < -0.39 is 11.9 Å². The molecule has 1 amide bonds. The minimum Gasteiger partial charge on any atom is -0.493 e. The maximum atomic E-state index is 13.6. The highest BCUT2D eigenvalue weighted by molar-refractivity contribution is 7.13. The van der Waals surface area contributed by atoms with Gasteiger partial charge in [-0.15, -0.1) is 10.2 Å². The predicted octanol–water partition coefficient (Wildman–Crippen LogP) is 4.85. The molecule has 0 fully saturated rings. The minimum atomic E-state index is -0.783. The molecule has 0 N–H and O–H groups in total. The van der Waals surface area contributed by atoms with E-state index in [1.165, 1.54) is 28.9 Å². The lowest BCUT2D eigenvalue weighted by Gasteiger charge is -2.23. The summed E-state index contributed by atoms with van der Waals surface area (Å²) in [6.07, 6.45) is 0.844. The van der Waals surface area contributed by atoms with E-state index in [0.717, 1.165) is 6.42 Å². The van der Waals surface area contributed by atoms with Gasteiger partial charge in [0.05, 0.1) is 30.7 Å². The number of rotatable bonds is 6. The van der Waals surface area contributed by atoms with Crippen molar-refractivity contribution >= 4 is 44.9 Å². The number of amides is 1. The molecule has 0 bridgehead atoms. The van der Waals surface area contributed by atoms with Crippen LogP contribution >= 0.6 is 22.9 Å². The van der Waals surface area contributed by atoms with Gasteiger partial charge in [0.1, 0.15) is 11.1 Å². The zero-order valence-electron chi connectivity index (χ0n) is 17.7. The predicted molar refractivity (Wildman–Crippen MR) is 125 cm³/mol. The van der Waals surface area contributed by atoms with Crippen LogP contribution in [0.25, 0.3) is 11.0 Å². The molecule has 2 aromatic heterocycles. The van der Waals surface area contributed by atoms with Crippen LogP contribution in [0, 0.1) is 0 Å². The second-order valence-corrected chi connectivity index (χ2v) is 8.62. The first kappa shape index (κ1) is 21.4. The smallest absolute Gasteiger partial charge is 0.297 e. The van der Waals surface area contributed by atoms with Crippen molar-refractivity contribution in [3.63, 3.8) is 0 Å². The highest BCUT2D eigenvalue weighted by atomic mass is 35.5. The maximum absolute atomic E-state index is 13.6. The monoisotopic (exact) mass is 483 g/mol. The number of methoxy groups -OCH3 is 1. The molecule has 0 unspecified atom stereocenters. The van der Waals surface area contributed by atoms with Gasteiger partial charge in [-0.3, -0.25) is 14.5 Å². The average Bonchev–Trinajstić information content (AvgIpc) is 3.45. The van der Waals surface area contributed by atoms with E-state index in [1.807, 2.05) is 6.92 Å². The summed E-state index contributed by atoms with van der Waals surface area (Å²) >= 11 is 7.32. The van der Waals surface area contributed by atoms with Gasteiger partial charge in [-0.1, -0.05) is 35.9 Å². The molecule has 0 radical (unpaired) electrons. The van der Waals surface area contributed by atoms with Crippen LogP contribution in [-0.4, -0.2) is 29.8 Å². The molecule has 4 aromatic rings. The van der Waals surface area contributed by atoms with Crippen LogP contribution in [0.1, 0.15) is 41.1 Å². The number of hydrogen-bond acceptors (Lipinski definition) is 8. The summed E-state index contributed by atoms with van der Waals surface area (Å²) in [5.41, 5.74) is 2.34. The Balaban J connectivity index is 1.74. The summed E-state index contributed by atoms with van der Waals surface area (Å²) in [4.78, 5) is 28.5. The van der Waals surface area contributed by atoms with Crippen molar-refractivity contribution in [2.45, 2.75) is 19.4 Å². The summed E-state index contributed by atoms with van der Waals surface area (Å²) in [7, 11) is 1.54. The standard InChI is InChI=1S/C23H18ClN3O5S/c1-3-8-31-16-6-4-12(9-17(16)30-2)19-18-20(28)14-10-13(24)5-7-15(14)32-21(18)22(29)27(19)23-26-25-11-33-23/h4-7,9-11,19H,3,8H2,1-2H3/t19-/m0/s1. The van der Waals surface area contributed by atoms with Crippen molar-refractivity contribution in [3.05, 3.63) is 74.0 Å². The van der Waals surface area contributed by atoms with E-state index in [4.69, 9.17) is 25.5 Å². The number of hydrogen-bond donors (Lipinski definition) is 0. The van der Waals surface area contributed by atoms with Gasteiger partial charge in [-0.2, -0.15) is 0 Å². The summed E-state index contributed by atoms with van der Waals surface area (Å²) < 4.78 is 17.2. The van der Waals surface area contributed by atoms with E-state index in [0.29, 0.717) is 39.2 Å². The number of carbonyl (C=O) groups excluding carboxylic acids is 1. The van der Waals surface area contributed by atoms with Crippen LogP contribution in [-0.2, 0) is 0 Å². The van der Waals surface area contributed by atoms with E-state index in [9.17, 15) is 9.59 Å². The van der Waals surface area contributed by atoms with Crippen molar-refractivity contribution in [2.75, 3.05) is 18.6 Å². The molecule has 5 rings (SSSR count). The van der Waals surface area contributed by atoms with E-state index in [2.05, 4.69) is 10.2 Å². The molecule has 1 aliphatic heterocycles. The lowest BCUT2D eigenvalue weighted by Crippen LogP contribution is -2.29. The number of nitrogens with zero attached hydrogens (tertiary/aromatic N) is 3. The first-order valence-electron chi connectivity index (χ1n) is 10.2. The van der Waals surface area contributed by atoms with Gasteiger partial charge >= 0.3 is 0 Å². The topological polar surface area (TPSA) is 94.8 Å². The maximum Gasteiger partial charge on any atom is 0.297 e. The van der Waals surface area contributed by atoms with Gasteiger partial charge in [0.2, 0.25) is 10.9 Å². The van der Waals surface area contributed by atoms with Crippen molar-refractivity contribution in [1.29, 1.82) is 0 Å². The number of carbonyl (C=O) groups is 1. The van der Waals surface area contributed by atoms with Gasteiger partial charge in [0, 0.05) is 5.02 Å². The van der Waals surface area contributed by atoms with Crippen LogP contribution < -0.4 is 19.8 Å². The Labute approximate surface area is 197 Å². The number of ether oxygens (including phenoxy) is 2. The van der Waals surface area contributed by atoms with Gasteiger partial charge in [-0.25, -0.2) is 0 Å². The Bertz CT molecular complexity index is 1420. The van der Waals surface area contributed by atoms with Gasteiger partial charge < -0.3 is 13.9 Å². The molecule has 33 heavy (non-hydrogen) atoms. The molecular weight excluding hydrogens is 466 g/mol. The zero-order valence-corrected chi connectivity index (χ0v) is 19.3. The zero-order chi connectivity index (χ0) is 23.1. The molecule has 1 atom stereocenters. The fourth-order valence-electron chi connectivity index (χ4n) is 3.92. The number of benzene rings is 2. The summed E-state index contributed by atoms with van der Waals surface area (Å²) in [5, 5.41) is 8.99. The molecule has 0 spiro atoms. The van der Waals surface area contributed by atoms with Crippen molar-refractivity contribution in [3.8, 4) is 11.5 Å². The van der Waals surface area contributed by atoms with Gasteiger partial charge in [0.25, 0.3) is 5.91 Å². The van der Waals surface area contributed by atoms with Crippen LogP contribution in [0.3, 0.4) is 0 Å². The highest BCUT2D eigenvalue weighted by Crippen LogP contribution is 2.43. The Morgan fingerprint density at radius 2 is 2.03 bits per heavy atom. The number of halogens is 1. The van der Waals surface area contributed by atoms with E-state index in [1.54, 1.807) is 36.4 Å². The Morgan fingerprint density at radius 1 is 1.18 bits per heavy atom. The Morgan fingerprint density at radius 3 is 2.76 bits per heavy atom. The molecule has 0 saturated carbocycles. The van der Waals surface area contributed by atoms with E-state index >= 15 is 0 Å². The molecule has 8 nitrogen and oxygen atoms in total. The molecule has 0 saturated heterocycles. The van der Waals surface area contributed by atoms with Crippen LogP contribution in [0.2, 0.25) is 5.02 Å².